The minimum atomic E-state index is -0.116. The SMILES string of the molecule is O=C(OCc1ccccc1)C1CCc2[nH]c3cc4c(cc3c2C1)OCO4. The molecule has 3 aromatic rings. The number of aromatic nitrogens is 1. The maximum absolute atomic E-state index is 12.5. The number of hydrogen-bond donors (Lipinski definition) is 1. The van der Waals surface area contributed by atoms with Crippen LogP contribution in [0.1, 0.15) is 23.2 Å². The average molecular weight is 349 g/mol. The number of H-pyrrole nitrogens is 1. The Bertz CT molecular complexity index is 977. The molecule has 0 amide bonds. The number of ether oxygens (including phenoxy) is 3. The predicted molar refractivity (Wildman–Crippen MR) is 96.2 cm³/mol. The quantitative estimate of drug-likeness (QED) is 0.732. The van der Waals surface area contributed by atoms with E-state index in [4.69, 9.17) is 14.2 Å². The Labute approximate surface area is 150 Å². The van der Waals surface area contributed by atoms with E-state index in [1.807, 2.05) is 42.5 Å². The van der Waals surface area contributed by atoms with Crippen LogP contribution in [0, 0.1) is 5.92 Å². The minimum Gasteiger partial charge on any atom is -0.461 e. The second kappa shape index (κ2) is 6.09. The van der Waals surface area contributed by atoms with Gasteiger partial charge in [-0.3, -0.25) is 4.79 Å². The lowest BCUT2D eigenvalue weighted by molar-refractivity contribution is -0.150. The monoisotopic (exact) mass is 349 g/mol. The fourth-order valence-electron chi connectivity index (χ4n) is 3.86. The van der Waals surface area contributed by atoms with Crippen molar-refractivity contribution >= 4 is 16.9 Å². The highest BCUT2D eigenvalue weighted by atomic mass is 16.7. The Morgan fingerprint density at radius 2 is 1.96 bits per heavy atom. The Hall–Kier alpha value is -2.95. The van der Waals surface area contributed by atoms with Crippen LogP contribution in [0.2, 0.25) is 0 Å². The van der Waals surface area contributed by atoms with E-state index >= 15 is 0 Å². The van der Waals surface area contributed by atoms with Crippen molar-refractivity contribution in [3.8, 4) is 11.5 Å². The largest absolute Gasteiger partial charge is 0.461 e. The standard InChI is InChI=1S/C21H19NO4/c23-21(24-11-13-4-2-1-3-5-13)14-6-7-17-15(8-14)16-9-19-20(26-12-25-19)10-18(16)22-17/h1-5,9-10,14,22H,6-8,11-12H2. The van der Waals surface area contributed by atoms with Crippen LogP contribution in [0.4, 0.5) is 0 Å². The molecule has 0 saturated heterocycles. The van der Waals surface area contributed by atoms with Gasteiger partial charge in [-0.05, 0) is 36.5 Å². The lowest BCUT2D eigenvalue weighted by Crippen LogP contribution is -2.24. The smallest absolute Gasteiger partial charge is 0.309 e. The molecule has 5 rings (SSSR count). The first-order chi connectivity index (χ1) is 12.8. The zero-order chi connectivity index (χ0) is 17.5. The normalized spacial score (nSPS) is 17.9. The molecule has 2 heterocycles. The lowest BCUT2D eigenvalue weighted by Gasteiger charge is -2.21. The number of esters is 1. The zero-order valence-corrected chi connectivity index (χ0v) is 14.3. The van der Waals surface area contributed by atoms with Crippen molar-refractivity contribution in [3.63, 3.8) is 0 Å². The number of carbonyl (C=O) groups is 1. The number of rotatable bonds is 3. The average Bonchev–Trinajstić information content (AvgIpc) is 3.28. The highest BCUT2D eigenvalue weighted by Gasteiger charge is 2.29. The van der Waals surface area contributed by atoms with Crippen LogP contribution in [0.15, 0.2) is 42.5 Å². The summed E-state index contributed by atoms with van der Waals surface area (Å²) in [5.41, 5.74) is 4.46. The van der Waals surface area contributed by atoms with Crippen molar-refractivity contribution in [1.29, 1.82) is 0 Å². The summed E-state index contributed by atoms with van der Waals surface area (Å²) < 4.78 is 16.5. The number of aromatic amines is 1. The van der Waals surface area contributed by atoms with Crippen molar-refractivity contribution in [2.75, 3.05) is 6.79 Å². The molecule has 5 nitrogen and oxygen atoms in total. The van der Waals surface area contributed by atoms with E-state index in [1.165, 1.54) is 11.3 Å². The van der Waals surface area contributed by atoms with E-state index in [2.05, 4.69) is 4.98 Å². The van der Waals surface area contributed by atoms with Crippen molar-refractivity contribution in [2.45, 2.75) is 25.9 Å². The molecule has 1 N–H and O–H groups in total. The molecule has 0 bridgehead atoms. The Morgan fingerprint density at radius 1 is 1.15 bits per heavy atom. The van der Waals surface area contributed by atoms with Gasteiger partial charge < -0.3 is 19.2 Å². The van der Waals surface area contributed by atoms with Crippen molar-refractivity contribution < 1.29 is 19.0 Å². The molecular weight excluding hydrogens is 330 g/mol. The molecule has 26 heavy (non-hydrogen) atoms. The van der Waals surface area contributed by atoms with Gasteiger partial charge in [-0.1, -0.05) is 30.3 Å². The molecule has 0 radical (unpaired) electrons. The zero-order valence-electron chi connectivity index (χ0n) is 14.3. The highest BCUT2D eigenvalue weighted by molar-refractivity contribution is 5.89. The molecule has 1 unspecified atom stereocenters. The molecule has 1 atom stereocenters. The van der Waals surface area contributed by atoms with Gasteiger partial charge in [-0.15, -0.1) is 0 Å². The van der Waals surface area contributed by atoms with Crippen LogP contribution >= 0.6 is 0 Å². The molecule has 0 saturated carbocycles. The summed E-state index contributed by atoms with van der Waals surface area (Å²) in [6, 6.07) is 13.8. The predicted octanol–water partition coefficient (Wildman–Crippen LogP) is 3.74. The fourth-order valence-corrected chi connectivity index (χ4v) is 3.86. The van der Waals surface area contributed by atoms with Crippen molar-refractivity contribution in [2.24, 2.45) is 5.92 Å². The van der Waals surface area contributed by atoms with Crippen LogP contribution in [0.25, 0.3) is 10.9 Å². The van der Waals surface area contributed by atoms with Gasteiger partial charge in [0.15, 0.2) is 11.5 Å². The molecule has 132 valence electrons. The van der Waals surface area contributed by atoms with Gasteiger partial charge in [-0.2, -0.15) is 0 Å². The number of fused-ring (bicyclic) bond motifs is 4. The van der Waals surface area contributed by atoms with E-state index < -0.39 is 0 Å². The summed E-state index contributed by atoms with van der Waals surface area (Å²) >= 11 is 0. The molecular formula is C21H19NO4. The third-order valence-corrected chi connectivity index (χ3v) is 5.24. The molecule has 2 aliphatic rings. The van der Waals surface area contributed by atoms with E-state index in [-0.39, 0.29) is 18.7 Å². The maximum Gasteiger partial charge on any atom is 0.309 e. The van der Waals surface area contributed by atoms with Crippen LogP contribution in [0.5, 0.6) is 11.5 Å². The maximum atomic E-state index is 12.5. The van der Waals surface area contributed by atoms with Crippen LogP contribution in [-0.4, -0.2) is 17.7 Å². The number of nitrogens with one attached hydrogen (secondary N) is 1. The van der Waals surface area contributed by atoms with Gasteiger partial charge in [0.05, 0.1) is 5.92 Å². The summed E-state index contributed by atoms with van der Waals surface area (Å²) in [5.74, 6) is 1.33. The van der Waals surface area contributed by atoms with E-state index in [0.717, 1.165) is 40.8 Å². The topological polar surface area (TPSA) is 60.6 Å². The van der Waals surface area contributed by atoms with Crippen molar-refractivity contribution in [1.82, 2.24) is 4.98 Å². The summed E-state index contributed by atoms with van der Waals surface area (Å²) in [6.45, 7) is 0.591. The summed E-state index contributed by atoms with van der Waals surface area (Å²) in [4.78, 5) is 16.0. The van der Waals surface area contributed by atoms with Crippen LogP contribution in [0.3, 0.4) is 0 Å². The van der Waals surface area contributed by atoms with Gasteiger partial charge >= 0.3 is 5.97 Å². The van der Waals surface area contributed by atoms with Gasteiger partial charge in [0.1, 0.15) is 6.61 Å². The third kappa shape index (κ3) is 2.60. The molecule has 1 aromatic heterocycles. The number of benzene rings is 2. The molecule has 2 aromatic carbocycles. The Balaban J connectivity index is 1.35. The van der Waals surface area contributed by atoms with Crippen LogP contribution < -0.4 is 9.47 Å². The summed E-state index contributed by atoms with van der Waals surface area (Å²) in [7, 11) is 0. The van der Waals surface area contributed by atoms with Crippen molar-refractivity contribution in [3.05, 3.63) is 59.3 Å². The molecule has 1 aliphatic heterocycles. The fraction of sp³-hybridized carbons (Fsp3) is 0.286. The first kappa shape index (κ1) is 15.3. The second-order valence-corrected chi connectivity index (χ2v) is 6.87. The molecule has 5 heteroatoms. The van der Waals surface area contributed by atoms with Gasteiger partial charge in [-0.25, -0.2) is 0 Å². The Kier molecular flexibility index (Phi) is 3.59. The molecule has 0 fully saturated rings. The summed E-state index contributed by atoms with van der Waals surface area (Å²) in [6.07, 6.45) is 2.35. The van der Waals surface area contributed by atoms with E-state index in [1.54, 1.807) is 0 Å². The first-order valence-electron chi connectivity index (χ1n) is 8.91. The number of hydrogen-bond acceptors (Lipinski definition) is 4. The minimum absolute atomic E-state index is 0.101. The van der Waals surface area contributed by atoms with E-state index in [0.29, 0.717) is 13.0 Å². The molecule has 1 aliphatic carbocycles. The van der Waals surface area contributed by atoms with Gasteiger partial charge in [0.25, 0.3) is 0 Å². The summed E-state index contributed by atoms with van der Waals surface area (Å²) in [5, 5.41) is 1.12. The second-order valence-electron chi connectivity index (χ2n) is 6.87. The number of aryl methyl sites for hydroxylation is 1. The third-order valence-electron chi connectivity index (χ3n) is 5.24. The van der Waals surface area contributed by atoms with E-state index in [9.17, 15) is 4.79 Å². The first-order valence-corrected chi connectivity index (χ1v) is 8.91. The Morgan fingerprint density at radius 3 is 2.81 bits per heavy atom. The molecule has 0 spiro atoms. The highest BCUT2D eigenvalue weighted by Crippen LogP contribution is 2.40. The van der Waals surface area contributed by atoms with Gasteiger partial charge in [0, 0.05) is 22.7 Å². The lowest BCUT2D eigenvalue weighted by atomic mass is 9.86. The van der Waals surface area contributed by atoms with Crippen LogP contribution in [-0.2, 0) is 29.0 Å². The van der Waals surface area contributed by atoms with Gasteiger partial charge in [0.2, 0.25) is 6.79 Å². The number of carbonyl (C=O) groups excluding carboxylic acids is 1.